The topological polar surface area (TPSA) is 128 Å². The average Bonchev–Trinajstić information content (AvgIpc) is 3.49. The highest BCUT2D eigenvalue weighted by Gasteiger charge is 2.26. The number of carbonyl (C=O) groups excluding carboxylic acids is 3. The van der Waals surface area contributed by atoms with Gasteiger partial charge in [0.2, 0.25) is 6.10 Å². The molecule has 1 aliphatic rings. The standard InChI is InChI=1S/C38H28ClNO8/c39-32-19-31(35(41)23-10-3-1-4-11-23)33(20-30(32)37(44)46-22-34(36(42)43)48-26-14-5-2-6-15-26)40-38(45)47-21-25-13-9-17-28-27-16-8-7-12-24(27)18-29(25)28/h1-17,19-20,34H,18,21-22H2,(H,40,45)(H,42,43). The molecule has 2 N–H and O–H groups in total. The molecule has 1 amide bonds. The molecule has 6 rings (SSSR count). The van der Waals surface area contributed by atoms with E-state index in [1.54, 1.807) is 60.7 Å². The highest BCUT2D eigenvalue weighted by atomic mass is 35.5. The van der Waals surface area contributed by atoms with Gasteiger partial charge in [0.1, 0.15) is 19.0 Å². The quantitative estimate of drug-likeness (QED) is 0.107. The summed E-state index contributed by atoms with van der Waals surface area (Å²) in [6.07, 6.45) is -1.66. The average molecular weight is 662 g/mol. The maximum Gasteiger partial charge on any atom is 0.411 e. The molecule has 1 unspecified atom stereocenters. The number of carboxylic acids is 1. The van der Waals surface area contributed by atoms with Gasteiger partial charge in [0.25, 0.3) is 0 Å². The predicted octanol–water partition coefficient (Wildman–Crippen LogP) is 7.58. The second-order valence-corrected chi connectivity index (χ2v) is 11.3. The Morgan fingerprint density at radius 3 is 2.21 bits per heavy atom. The van der Waals surface area contributed by atoms with Gasteiger partial charge in [0, 0.05) is 11.1 Å². The zero-order valence-electron chi connectivity index (χ0n) is 25.4. The molecule has 48 heavy (non-hydrogen) atoms. The SMILES string of the molecule is O=C(Nc1cc(C(=O)OCC(Oc2ccccc2)C(=O)O)c(Cl)cc1C(=O)c1ccccc1)OCc1cccc2c1Cc1ccccc1-2. The fraction of sp³-hybridized carbons (Fsp3) is 0.105. The van der Waals surface area contributed by atoms with Gasteiger partial charge in [-0.3, -0.25) is 10.1 Å². The van der Waals surface area contributed by atoms with E-state index < -0.39 is 36.5 Å². The maximum atomic E-state index is 13.5. The van der Waals surface area contributed by atoms with Crippen molar-refractivity contribution in [2.45, 2.75) is 19.1 Å². The summed E-state index contributed by atoms with van der Waals surface area (Å²) in [5, 5.41) is 12.1. The summed E-state index contributed by atoms with van der Waals surface area (Å²) in [7, 11) is 0. The van der Waals surface area contributed by atoms with Gasteiger partial charge in [-0.1, -0.05) is 103 Å². The Bertz CT molecular complexity index is 2010. The molecule has 0 fully saturated rings. The number of nitrogens with one attached hydrogen (secondary N) is 1. The third-order valence-corrected chi connectivity index (χ3v) is 8.13. The molecule has 1 atom stereocenters. The first-order valence-corrected chi connectivity index (χ1v) is 15.3. The number of esters is 1. The number of carbonyl (C=O) groups is 4. The number of halogens is 1. The zero-order chi connectivity index (χ0) is 33.6. The Balaban J connectivity index is 1.21. The number of aliphatic carboxylic acids is 1. The number of hydrogen-bond acceptors (Lipinski definition) is 7. The summed E-state index contributed by atoms with van der Waals surface area (Å²) < 4.78 is 16.3. The third kappa shape index (κ3) is 7.06. The van der Waals surface area contributed by atoms with E-state index in [1.165, 1.54) is 17.7 Å². The number of hydrogen-bond donors (Lipinski definition) is 2. The molecule has 0 radical (unpaired) electrons. The van der Waals surface area contributed by atoms with E-state index in [1.807, 2.05) is 30.3 Å². The summed E-state index contributed by atoms with van der Waals surface area (Å²) in [6.45, 7) is -0.675. The lowest BCUT2D eigenvalue weighted by atomic mass is 9.99. The molecule has 5 aromatic carbocycles. The van der Waals surface area contributed by atoms with Crippen LogP contribution in [0.2, 0.25) is 5.02 Å². The summed E-state index contributed by atoms with van der Waals surface area (Å²) in [6, 6.07) is 32.9. The van der Waals surface area contributed by atoms with Crippen molar-refractivity contribution < 1.29 is 38.5 Å². The van der Waals surface area contributed by atoms with Crippen molar-refractivity contribution in [3.8, 4) is 16.9 Å². The second-order valence-electron chi connectivity index (χ2n) is 10.9. The first kappa shape index (κ1) is 32.0. The Hall–Kier alpha value is -5.93. The van der Waals surface area contributed by atoms with E-state index in [0.29, 0.717) is 12.0 Å². The van der Waals surface area contributed by atoms with E-state index in [2.05, 4.69) is 17.4 Å². The van der Waals surface area contributed by atoms with Crippen LogP contribution in [0.1, 0.15) is 43.0 Å². The first-order chi connectivity index (χ1) is 23.3. The number of ketones is 1. The summed E-state index contributed by atoms with van der Waals surface area (Å²) >= 11 is 6.46. The molecular formula is C38H28ClNO8. The summed E-state index contributed by atoms with van der Waals surface area (Å²) in [5.41, 5.74) is 5.39. The molecular weight excluding hydrogens is 634 g/mol. The molecule has 240 valence electrons. The summed E-state index contributed by atoms with van der Waals surface area (Å²) in [5.74, 6) is -2.52. The van der Waals surface area contributed by atoms with Crippen LogP contribution in [0.5, 0.6) is 5.75 Å². The van der Waals surface area contributed by atoms with Crippen LogP contribution in [0.4, 0.5) is 10.5 Å². The fourth-order valence-corrected chi connectivity index (χ4v) is 5.70. The normalized spacial score (nSPS) is 11.9. The number of benzene rings is 5. The minimum absolute atomic E-state index is 0.00609. The van der Waals surface area contributed by atoms with Gasteiger partial charge in [-0.25, -0.2) is 14.4 Å². The Morgan fingerprint density at radius 1 is 0.771 bits per heavy atom. The van der Waals surface area contributed by atoms with Gasteiger partial charge in [0.05, 0.1) is 16.3 Å². The molecule has 5 aromatic rings. The second kappa shape index (κ2) is 14.2. The van der Waals surface area contributed by atoms with E-state index in [9.17, 15) is 24.3 Å². The highest BCUT2D eigenvalue weighted by Crippen LogP contribution is 2.38. The number of rotatable bonds is 11. The largest absolute Gasteiger partial charge is 0.478 e. The first-order valence-electron chi connectivity index (χ1n) is 15.0. The lowest BCUT2D eigenvalue weighted by Gasteiger charge is -2.17. The molecule has 0 bridgehead atoms. The Kier molecular flexibility index (Phi) is 9.50. The van der Waals surface area contributed by atoms with Crippen molar-refractivity contribution in [3.05, 3.63) is 154 Å². The minimum atomic E-state index is -1.51. The molecule has 10 heteroatoms. The van der Waals surface area contributed by atoms with E-state index in [-0.39, 0.29) is 34.2 Å². The third-order valence-electron chi connectivity index (χ3n) is 7.81. The van der Waals surface area contributed by atoms with Crippen molar-refractivity contribution in [2.24, 2.45) is 0 Å². The van der Waals surface area contributed by atoms with Crippen LogP contribution in [-0.2, 0) is 27.3 Å². The van der Waals surface area contributed by atoms with E-state index in [4.69, 9.17) is 25.8 Å². The number of para-hydroxylation sites is 1. The molecule has 0 aromatic heterocycles. The van der Waals surface area contributed by atoms with Crippen LogP contribution in [0, 0.1) is 0 Å². The molecule has 0 saturated carbocycles. The van der Waals surface area contributed by atoms with Gasteiger partial charge < -0.3 is 19.3 Å². The van der Waals surface area contributed by atoms with Crippen molar-refractivity contribution in [1.29, 1.82) is 0 Å². The van der Waals surface area contributed by atoms with Crippen LogP contribution in [0.15, 0.2) is 115 Å². The molecule has 1 aliphatic carbocycles. The summed E-state index contributed by atoms with van der Waals surface area (Å²) in [4.78, 5) is 51.6. The van der Waals surface area contributed by atoms with Crippen LogP contribution < -0.4 is 10.1 Å². The number of fused-ring (bicyclic) bond motifs is 3. The van der Waals surface area contributed by atoms with Crippen LogP contribution in [-0.4, -0.2) is 41.6 Å². The van der Waals surface area contributed by atoms with Crippen LogP contribution >= 0.6 is 11.6 Å². The lowest BCUT2D eigenvalue weighted by molar-refractivity contribution is -0.146. The molecule has 0 aliphatic heterocycles. The zero-order valence-corrected chi connectivity index (χ0v) is 26.1. The van der Waals surface area contributed by atoms with Gasteiger partial charge >= 0.3 is 18.0 Å². The predicted molar refractivity (Wildman–Crippen MR) is 179 cm³/mol. The number of amides is 1. The smallest absolute Gasteiger partial charge is 0.411 e. The number of ether oxygens (including phenoxy) is 3. The Morgan fingerprint density at radius 2 is 1.46 bits per heavy atom. The van der Waals surface area contributed by atoms with Gasteiger partial charge in [0.15, 0.2) is 5.78 Å². The van der Waals surface area contributed by atoms with Gasteiger partial charge in [-0.15, -0.1) is 0 Å². The van der Waals surface area contributed by atoms with Gasteiger partial charge in [-0.05, 0) is 58.5 Å². The minimum Gasteiger partial charge on any atom is -0.478 e. The Labute approximate surface area is 280 Å². The monoisotopic (exact) mass is 661 g/mol. The van der Waals surface area contributed by atoms with Crippen molar-refractivity contribution >= 4 is 41.1 Å². The number of carboxylic acid groups (broad SMARTS) is 1. The van der Waals surface area contributed by atoms with E-state index >= 15 is 0 Å². The van der Waals surface area contributed by atoms with Crippen molar-refractivity contribution in [2.75, 3.05) is 11.9 Å². The lowest BCUT2D eigenvalue weighted by Crippen LogP contribution is -2.33. The van der Waals surface area contributed by atoms with Crippen LogP contribution in [0.25, 0.3) is 11.1 Å². The molecule has 0 heterocycles. The molecule has 0 spiro atoms. The van der Waals surface area contributed by atoms with Crippen LogP contribution in [0.3, 0.4) is 0 Å². The van der Waals surface area contributed by atoms with Gasteiger partial charge in [-0.2, -0.15) is 0 Å². The maximum absolute atomic E-state index is 13.5. The fourth-order valence-electron chi connectivity index (χ4n) is 5.46. The highest BCUT2D eigenvalue weighted by molar-refractivity contribution is 6.34. The van der Waals surface area contributed by atoms with E-state index in [0.717, 1.165) is 22.3 Å². The molecule has 9 nitrogen and oxygen atoms in total. The van der Waals surface area contributed by atoms with Crippen molar-refractivity contribution in [1.82, 2.24) is 0 Å². The number of anilines is 1. The van der Waals surface area contributed by atoms with Crippen molar-refractivity contribution in [3.63, 3.8) is 0 Å². The molecule has 0 saturated heterocycles.